The van der Waals surface area contributed by atoms with Gasteiger partial charge in [-0.15, -0.1) is 0 Å². The van der Waals surface area contributed by atoms with Crippen LogP contribution in [0.3, 0.4) is 0 Å². The van der Waals surface area contributed by atoms with Crippen LogP contribution in [-0.2, 0) is 10.0 Å². The van der Waals surface area contributed by atoms with Crippen molar-refractivity contribution in [2.75, 3.05) is 0 Å². The zero-order chi connectivity index (χ0) is 25.5. The maximum atomic E-state index is 13.3. The zero-order valence-corrected chi connectivity index (χ0v) is 20.6. The van der Waals surface area contributed by atoms with Crippen LogP contribution in [0.5, 0.6) is 5.75 Å². The summed E-state index contributed by atoms with van der Waals surface area (Å²) in [7, 11) is -4.22. The first kappa shape index (κ1) is 24.4. The van der Waals surface area contributed by atoms with Gasteiger partial charge in [-0.1, -0.05) is 23.7 Å². The molecule has 0 unspecified atom stereocenters. The highest BCUT2D eigenvalue weighted by Crippen LogP contribution is 2.34. The van der Waals surface area contributed by atoms with E-state index in [-0.39, 0.29) is 21.9 Å². The number of hydrogen-bond donors (Lipinski definition) is 1. The van der Waals surface area contributed by atoms with Crippen molar-refractivity contribution >= 4 is 32.6 Å². The molecule has 4 rings (SSSR count). The highest BCUT2D eigenvalue weighted by atomic mass is 35.5. The minimum absolute atomic E-state index is 0.0549. The van der Waals surface area contributed by atoms with E-state index in [0.717, 1.165) is 5.56 Å². The number of hydrogen-bond acceptors (Lipinski definition) is 7. The van der Waals surface area contributed by atoms with Crippen LogP contribution in [0, 0.1) is 25.2 Å². The lowest BCUT2D eigenvalue weighted by Gasteiger charge is -2.19. The molecule has 0 aliphatic heterocycles. The molecule has 35 heavy (non-hydrogen) atoms. The number of nitriles is 1. The van der Waals surface area contributed by atoms with Gasteiger partial charge < -0.3 is 9.15 Å². The SMILES string of the molecule is Cc1cc([C@@H](C)Oc2ccc(Cl)nc2S(N)(=O)=O)c2oc(-c3cccc(C#N)c3)c(C)c(=O)c2c1. The van der Waals surface area contributed by atoms with Gasteiger partial charge >= 0.3 is 0 Å². The number of sulfonamides is 1. The monoisotopic (exact) mass is 509 g/mol. The summed E-state index contributed by atoms with van der Waals surface area (Å²) >= 11 is 5.85. The third kappa shape index (κ3) is 4.77. The number of aromatic nitrogens is 1. The summed E-state index contributed by atoms with van der Waals surface area (Å²) in [5.41, 5.74) is 2.78. The number of rotatable bonds is 5. The molecule has 2 heterocycles. The fraction of sp³-hybridized carbons (Fsp3) is 0.160. The van der Waals surface area contributed by atoms with Gasteiger partial charge in [0.15, 0.2) is 11.2 Å². The lowest BCUT2D eigenvalue weighted by Crippen LogP contribution is -2.17. The van der Waals surface area contributed by atoms with Crippen LogP contribution in [0.1, 0.15) is 35.3 Å². The Morgan fingerprint density at radius 3 is 2.60 bits per heavy atom. The molecule has 8 nitrogen and oxygen atoms in total. The van der Waals surface area contributed by atoms with Crippen LogP contribution < -0.4 is 15.3 Å². The van der Waals surface area contributed by atoms with Gasteiger partial charge in [-0.2, -0.15) is 5.26 Å². The van der Waals surface area contributed by atoms with E-state index in [0.29, 0.717) is 33.4 Å². The number of ether oxygens (including phenoxy) is 1. The molecular weight excluding hydrogens is 490 g/mol. The third-order valence-corrected chi connectivity index (χ3v) is 6.49. The second kappa shape index (κ2) is 9.15. The van der Waals surface area contributed by atoms with E-state index in [1.807, 2.05) is 6.92 Å². The molecule has 0 saturated heterocycles. The van der Waals surface area contributed by atoms with Crippen LogP contribution in [0.2, 0.25) is 5.15 Å². The molecule has 2 aromatic heterocycles. The highest BCUT2D eigenvalue weighted by molar-refractivity contribution is 7.89. The Hall–Kier alpha value is -3.71. The molecule has 2 aromatic carbocycles. The van der Waals surface area contributed by atoms with Gasteiger partial charge in [-0.25, -0.2) is 18.5 Å². The largest absolute Gasteiger partial charge is 0.483 e. The predicted molar refractivity (Wildman–Crippen MR) is 132 cm³/mol. The van der Waals surface area contributed by atoms with Crippen LogP contribution >= 0.6 is 11.6 Å². The van der Waals surface area contributed by atoms with Crippen molar-refractivity contribution in [3.63, 3.8) is 0 Å². The Balaban J connectivity index is 1.91. The number of primary sulfonamides is 1. The molecule has 0 bridgehead atoms. The topological polar surface area (TPSA) is 136 Å². The van der Waals surface area contributed by atoms with Gasteiger partial charge in [0.1, 0.15) is 22.6 Å². The molecule has 0 radical (unpaired) electrons. The Kier molecular flexibility index (Phi) is 6.38. The number of fused-ring (bicyclic) bond motifs is 1. The van der Waals surface area contributed by atoms with Crippen LogP contribution in [0.15, 0.2) is 62.8 Å². The first-order valence-corrected chi connectivity index (χ1v) is 12.4. The fourth-order valence-electron chi connectivity index (χ4n) is 3.83. The molecule has 2 N–H and O–H groups in total. The van der Waals surface area contributed by atoms with Crippen molar-refractivity contribution in [1.29, 1.82) is 5.26 Å². The van der Waals surface area contributed by atoms with E-state index >= 15 is 0 Å². The van der Waals surface area contributed by atoms with Crippen molar-refractivity contribution in [3.8, 4) is 23.1 Å². The van der Waals surface area contributed by atoms with E-state index in [4.69, 9.17) is 25.9 Å². The Morgan fingerprint density at radius 1 is 1.17 bits per heavy atom. The van der Waals surface area contributed by atoms with Crippen molar-refractivity contribution in [2.45, 2.75) is 31.9 Å². The Bertz CT molecular complexity index is 1690. The predicted octanol–water partition coefficient (Wildman–Crippen LogP) is 4.78. The van der Waals surface area contributed by atoms with Crippen molar-refractivity contribution < 1.29 is 17.6 Å². The second-order valence-electron chi connectivity index (χ2n) is 8.05. The minimum atomic E-state index is -4.22. The summed E-state index contributed by atoms with van der Waals surface area (Å²) < 4.78 is 36.2. The quantitative estimate of drug-likeness (QED) is 0.382. The average molecular weight is 510 g/mol. The average Bonchev–Trinajstić information content (AvgIpc) is 2.81. The molecule has 0 saturated carbocycles. The Labute approximate surface area is 206 Å². The molecule has 1 atom stereocenters. The molecular formula is C25H20ClN3O5S. The molecule has 0 spiro atoms. The van der Waals surface area contributed by atoms with E-state index < -0.39 is 21.2 Å². The number of nitrogens with zero attached hydrogens (tertiary/aromatic N) is 2. The standard InChI is InChI=1S/C25H20ClN3O5S/c1-13-9-18(15(3)33-20-7-8-21(26)29-25(20)35(28,31)32)24-19(10-13)22(30)14(2)23(34-24)17-6-4-5-16(11-17)12-27/h4-11,15H,1-3H3,(H2,28,31,32)/t15-/m1/s1. The highest BCUT2D eigenvalue weighted by Gasteiger charge is 2.23. The van der Waals surface area contributed by atoms with Crippen molar-refractivity contribution in [1.82, 2.24) is 4.98 Å². The van der Waals surface area contributed by atoms with Crippen molar-refractivity contribution in [3.05, 3.63) is 86.2 Å². The number of nitrogens with two attached hydrogens (primary N) is 1. The summed E-state index contributed by atoms with van der Waals surface area (Å²) in [4.78, 5) is 17.1. The molecule has 178 valence electrons. The van der Waals surface area contributed by atoms with Crippen LogP contribution in [-0.4, -0.2) is 13.4 Å². The minimum Gasteiger partial charge on any atom is -0.483 e. The van der Waals surface area contributed by atoms with Gasteiger partial charge in [0.25, 0.3) is 10.0 Å². The summed E-state index contributed by atoms with van der Waals surface area (Å²) in [6.07, 6.45) is -0.759. The summed E-state index contributed by atoms with van der Waals surface area (Å²) in [6, 6.07) is 15.1. The summed E-state index contributed by atoms with van der Waals surface area (Å²) in [5, 5.41) is 14.4. The maximum Gasteiger partial charge on any atom is 0.259 e. The van der Waals surface area contributed by atoms with Gasteiger partial charge in [-0.3, -0.25) is 4.79 Å². The van der Waals surface area contributed by atoms with E-state index in [9.17, 15) is 18.5 Å². The van der Waals surface area contributed by atoms with Crippen LogP contribution in [0.25, 0.3) is 22.3 Å². The number of pyridine rings is 1. The second-order valence-corrected chi connectivity index (χ2v) is 9.92. The lowest BCUT2D eigenvalue weighted by molar-refractivity contribution is 0.219. The van der Waals surface area contributed by atoms with Gasteiger partial charge in [0, 0.05) is 16.7 Å². The smallest absolute Gasteiger partial charge is 0.259 e. The number of benzene rings is 2. The summed E-state index contributed by atoms with van der Waals surface area (Å²) in [5.74, 6) is 0.241. The van der Waals surface area contributed by atoms with Gasteiger partial charge in [0.05, 0.1) is 17.0 Å². The maximum absolute atomic E-state index is 13.3. The summed E-state index contributed by atoms with van der Waals surface area (Å²) in [6.45, 7) is 5.18. The molecule has 0 amide bonds. The van der Waals surface area contributed by atoms with E-state index in [2.05, 4.69) is 11.1 Å². The lowest BCUT2D eigenvalue weighted by atomic mass is 9.99. The normalized spacial score (nSPS) is 12.3. The first-order valence-electron chi connectivity index (χ1n) is 10.4. The Morgan fingerprint density at radius 2 is 1.91 bits per heavy atom. The zero-order valence-electron chi connectivity index (χ0n) is 19.0. The molecule has 0 fully saturated rings. The fourth-order valence-corrected chi connectivity index (χ4v) is 4.65. The molecule has 4 aromatic rings. The number of halogens is 1. The first-order chi connectivity index (χ1) is 16.5. The van der Waals surface area contributed by atoms with Crippen LogP contribution in [0.4, 0.5) is 0 Å². The number of aryl methyl sites for hydroxylation is 1. The van der Waals surface area contributed by atoms with Gasteiger partial charge in [0.2, 0.25) is 5.03 Å². The van der Waals surface area contributed by atoms with Gasteiger partial charge in [-0.05, 0) is 62.7 Å². The molecule has 0 aliphatic rings. The third-order valence-electron chi connectivity index (χ3n) is 5.45. The van der Waals surface area contributed by atoms with E-state index in [1.165, 1.54) is 12.1 Å². The molecule has 10 heteroatoms. The molecule has 0 aliphatic carbocycles. The van der Waals surface area contributed by atoms with E-state index in [1.54, 1.807) is 50.2 Å². The van der Waals surface area contributed by atoms with Crippen molar-refractivity contribution in [2.24, 2.45) is 5.14 Å².